The summed E-state index contributed by atoms with van der Waals surface area (Å²) < 4.78 is 0. The number of hydrogen-bond acceptors (Lipinski definition) is 14. The molecular weight excluding hydrogens is 701 g/mol. The molecule has 3 heterocycles. The molecule has 0 aromatic heterocycles. The minimum atomic E-state index is 0. The molecule has 3 saturated heterocycles. The Labute approximate surface area is 344 Å². The van der Waals surface area contributed by atoms with Crippen LogP contribution in [0.1, 0.15) is 71.6 Å². The highest BCUT2D eigenvalue weighted by atomic mass is 15.1. The molecule has 4 rings (SSSR count). The van der Waals surface area contributed by atoms with Crippen molar-refractivity contribution in [3.05, 3.63) is 151 Å². The first-order chi connectivity index (χ1) is 26.6. The minimum absolute atomic E-state index is 0. The van der Waals surface area contributed by atoms with Crippen LogP contribution in [0.15, 0.2) is 151 Å². The first kappa shape index (κ1) is 68.1. The number of likely N-dealkylation sites (tertiary alicyclic amines) is 3. The van der Waals surface area contributed by atoms with Crippen LogP contribution in [0, 0.1) is 5.92 Å². The van der Waals surface area contributed by atoms with Gasteiger partial charge in [0, 0.05) is 64.1 Å². The van der Waals surface area contributed by atoms with Crippen molar-refractivity contribution in [3.8, 4) is 0 Å². The molecule has 4 aliphatic rings. The molecule has 56 heavy (non-hydrogen) atoms. The second-order valence-electron chi connectivity index (χ2n) is 10.7. The first-order valence-electron chi connectivity index (χ1n) is 18.3. The average molecular weight is 791 g/mol. The Morgan fingerprint density at radius 3 is 0.786 bits per heavy atom. The van der Waals surface area contributed by atoms with Crippen molar-refractivity contribution in [2.24, 2.45) is 69.0 Å². The van der Waals surface area contributed by atoms with Gasteiger partial charge in [-0.3, -0.25) is 0 Å². The highest BCUT2D eigenvalue weighted by Gasteiger charge is 2.16. The molecular formula is C42H90N14. The molecule has 3 aliphatic heterocycles. The van der Waals surface area contributed by atoms with E-state index in [9.17, 15) is 0 Å². The van der Waals surface area contributed by atoms with Gasteiger partial charge < -0.3 is 77.8 Å². The minimum Gasteiger partial charge on any atom is -0.405 e. The quantitative estimate of drug-likeness (QED) is 0.164. The molecule has 0 atom stereocenters. The molecule has 1 aliphatic carbocycles. The highest BCUT2D eigenvalue weighted by molar-refractivity contribution is 5.00. The SMILES string of the molecule is C.C=CN.C=CN.C=CN.C=CN.C=CN.C=CN.C=CN.NC=CC1CC1.NC=CC=CN1CCCC1.NC=CN1CCCCC1.NC=CN1CCCCC1. The molecule has 0 aromatic carbocycles. The summed E-state index contributed by atoms with van der Waals surface area (Å²) in [7, 11) is 0. The zero-order valence-electron chi connectivity index (χ0n) is 34.3. The molecule has 0 aromatic rings. The Morgan fingerprint density at radius 1 is 0.339 bits per heavy atom. The summed E-state index contributed by atoms with van der Waals surface area (Å²) in [5.41, 5.74) is 53.0. The average Bonchev–Trinajstić information content (AvgIpc) is 3.83. The van der Waals surface area contributed by atoms with Gasteiger partial charge in [0.25, 0.3) is 0 Å². The topological polar surface area (TPSA) is 296 Å². The van der Waals surface area contributed by atoms with Crippen LogP contribution in [0.4, 0.5) is 0 Å². The monoisotopic (exact) mass is 791 g/mol. The molecule has 0 radical (unpaired) electrons. The fourth-order valence-corrected chi connectivity index (χ4v) is 3.95. The summed E-state index contributed by atoms with van der Waals surface area (Å²) >= 11 is 0. The van der Waals surface area contributed by atoms with Gasteiger partial charge in [0.15, 0.2) is 0 Å². The van der Waals surface area contributed by atoms with Crippen LogP contribution in [0.25, 0.3) is 0 Å². The number of nitrogens with zero attached hydrogens (tertiary/aromatic N) is 3. The van der Waals surface area contributed by atoms with Crippen LogP contribution in [-0.4, -0.2) is 54.0 Å². The van der Waals surface area contributed by atoms with Gasteiger partial charge in [-0.2, -0.15) is 0 Å². The van der Waals surface area contributed by atoms with Crippen molar-refractivity contribution in [2.45, 2.75) is 71.6 Å². The number of allylic oxidation sites excluding steroid dienone is 3. The maximum absolute atomic E-state index is 5.24. The molecule has 14 heteroatoms. The van der Waals surface area contributed by atoms with Gasteiger partial charge in [0.1, 0.15) is 0 Å². The van der Waals surface area contributed by atoms with E-state index in [4.69, 9.17) is 22.9 Å². The highest BCUT2D eigenvalue weighted by Crippen LogP contribution is 2.29. The van der Waals surface area contributed by atoms with Crippen molar-refractivity contribution in [3.63, 3.8) is 0 Å². The van der Waals surface area contributed by atoms with Gasteiger partial charge in [-0.05, 0) is 144 Å². The molecule has 328 valence electrons. The van der Waals surface area contributed by atoms with E-state index < -0.39 is 0 Å². The third kappa shape index (κ3) is 91.8. The number of piperidine rings is 2. The van der Waals surface area contributed by atoms with E-state index in [1.165, 1.54) is 147 Å². The lowest BCUT2D eigenvalue weighted by Crippen LogP contribution is -2.24. The van der Waals surface area contributed by atoms with Crippen molar-refractivity contribution in [1.29, 1.82) is 0 Å². The molecule has 22 N–H and O–H groups in total. The Hall–Kier alpha value is -5.92. The van der Waals surface area contributed by atoms with Crippen molar-refractivity contribution in [2.75, 3.05) is 39.3 Å². The van der Waals surface area contributed by atoms with Gasteiger partial charge >= 0.3 is 0 Å². The lowest BCUT2D eigenvalue weighted by molar-refractivity contribution is 0.309. The van der Waals surface area contributed by atoms with Crippen molar-refractivity contribution >= 4 is 0 Å². The van der Waals surface area contributed by atoms with Gasteiger partial charge in [0.2, 0.25) is 0 Å². The predicted octanol–water partition coefficient (Wildman–Crippen LogP) is 5.00. The predicted molar refractivity (Wildman–Crippen MR) is 254 cm³/mol. The normalized spacial score (nSPS) is 14.2. The Bertz CT molecular complexity index is 823. The van der Waals surface area contributed by atoms with Crippen LogP contribution >= 0.6 is 0 Å². The third-order valence-corrected chi connectivity index (χ3v) is 6.04. The van der Waals surface area contributed by atoms with E-state index in [1.54, 1.807) is 24.8 Å². The van der Waals surface area contributed by atoms with Gasteiger partial charge in [-0.25, -0.2) is 0 Å². The van der Waals surface area contributed by atoms with Gasteiger partial charge in [-0.15, -0.1) is 0 Å². The lowest BCUT2D eigenvalue weighted by Gasteiger charge is -2.24. The van der Waals surface area contributed by atoms with Gasteiger partial charge in [-0.1, -0.05) is 59.6 Å². The second kappa shape index (κ2) is 74.3. The van der Waals surface area contributed by atoms with E-state index in [1.807, 2.05) is 24.6 Å². The van der Waals surface area contributed by atoms with E-state index in [0.717, 1.165) is 5.92 Å². The fourth-order valence-electron chi connectivity index (χ4n) is 3.95. The molecule has 4 fully saturated rings. The van der Waals surface area contributed by atoms with Gasteiger partial charge in [0.05, 0.1) is 0 Å². The van der Waals surface area contributed by atoms with Crippen LogP contribution in [-0.2, 0) is 0 Å². The van der Waals surface area contributed by atoms with Crippen LogP contribution in [0.5, 0.6) is 0 Å². The summed E-state index contributed by atoms with van der Waals surface area (Å²) in [6.45, 7) is 29.1. The smallest absolute Gasteiger partial charge is 0.0173 e. The summed E-state index contributed by atoms with van der Waals surface area (Å²) in [6, 6.07) is 0. The molecule has 0 spiro atoms. The number of rotatable bonds is 5. The standard InChI is InChI=1S/C8H14N2.2C7H14N2.C5H9N.7C2H5N.CH4/c9-5-1-2-6-10-7-3-4-8-10;2*8-4-7-9-5-2-1-3-6-9;6-4-3-5-1-2-5;7*1-2-3;/h1-2,5-6H,3-4,7-9H2;2*4,7H,1-3,5-6,8H2;3-5H,1-2,6H2;7*2H,1,3H2;1H4. The van der Waals surface area contributed by atoms with E-state index >= 15 is 0 Å². The van der Waals surface area contributed by atoms with E-state index in [0.29, 0.717) is 0 Å². The Kier molecular flexibility index (Phi) is 90.4. The van der Waals surface area contributed by atoms with Crippen molar-refractivity contribution in [1.82, 2.24) is 14.7 Å². The molecule has 14 nitrogen and oxygen atoms in total. The molecule has 1 saturated carbocycles. The zero-order chi connectivity index (χ0) is 43.6. The fraction of sp³-hybridized carbons (Fsp3) is 0.429. The molecule has 0 amide bonds. The Morgan fingerprint density at radius 2 is 0.589 bits per heavy atom. The largest absolute Gasteiger partial charge is 0.405 e. The van der Waals surface area contributed by atoms with Crippen LogP contribution in [0.3, 0.4) is 0 Å². The second-order valence-corrected chi connectivity index (χ2v) is 10.7. The van der Waals surface area contributed by atoms with E-state index in [-0.39, 0.29) is 7.43 Å². The lowest BCUT2D eigenvalue weighted by atomic mass is 10.1. The van der Waals surface area contributed by atoms with Crippen molar-refractivity contribution < 1.29 is 0 Å². The van der Waals surface area contributed by atoms with Crippen LogP contribution in [0.2, 0.25) is 0 Å². The number of nitrogens with two attached hydrogens (primary N) is 11. The summed E-state index contributed by atoms with van der Waals surface area (Å²) in [4.78, 5) is 6.84. The molecule has 0 bridgehead atoms. The Balaban J connectivity index is -0.0000000788. The zero-order valence-corrected chi connectivity index (χ0v) is 34.3. The third-order valence-electron chi connectivity index (χ3n) is 6.04. The number of hydrogen-bond donors (Lipinski definition) is 11. The summed E-state index contributed by atoms with van der Waals surface area (Å²) in [6.07, 6.45) is 40.5. The van der Waals surface area contributed by atoms with E-state index in [2.05, 4.69) is 113 Å². The summed E-state index contributed by atoms with van der Waals surface area (Å²) in [5.74, 6) is 0.843. The molecule has 0 unspecified atom stereocenters. The maximum Gasteiger partial charge on any atom is 0.0173 e. The van der Waals surface area contributed by atoms with Crippen LogP contribution < -0.4 is 63.1 Å². The maximum atomic E-state index is 5.24. The first-order valence-corrected chi connectivity index (χ1v) is 18.3. The summed E-state index contributed by atoms with van der Waals surface area (Å²) in [5, 5.41) is 0.